The van der Waals surface area contributed by atoms with Crippen LogP contribution in [0.4, 0.5) is 10.1 Å². The molecule has 0 spiro atoms. The molecule has 0 unspecified atom stereocenters. The van der Waals surface area contributed by atoms with Crippen molar-refractivity contribution in [2.24, 2.45) is 5.16 Å². The third-order valence-corrected chi connectivity index (χ3v) is 4.27. The fraction of sp³-hybridized carbons (Fsp3) is 0.0952. The number of oxime groups is 1. The average molecular weight is 380 g/mol. The highest BCUT2D eigenvalue weighted by Crippen LogP contribution is 2.36. The van der Waals surface area contributed by atoms with Gasteiger partial charge in [0, 0.05) is 23.3 Å². The van der Waals surface area contributed by atoms with Crippen molar-refractivity contribution in [1.29, 1.82) is 0 Å². The molecule has 0 bridgehead atoms. The largest absolute Gasteiger partial charge is 0.495 e. The van der Waals surface area contributed by atoms with Crippen LogP contribution in [0.3, 0.4) is 0 Å². The summed E-state index contributed by atoms with van der Waals surface area (Å²) >= 11 is 0. The normalized spacial score (nSPS) is 10.9. The Kier molecular flexibility index (Phi) is 5.64. The molecule has 0 aliphatic carbocycles. The number of halogens is 1. The number of nitrogens with zero attached hydrogens (tertiary/aromatic N) is 2. The van der Waals surface area contributed by atoms with E-state index in [9.17, 15) is 14.5 Å². The van der Waals surface area contributed by atoms with Gasteiger partial charge >= 0.3 is 0 Å². The lowest BCUT2D eigenvalue weighted by molar-refractivity contribution is -0.384. The number of ether oxygens (including phenoxy) is 1. The summed E-state index contributed by atoms with van der Waals surface area (Å²) in [6.07, 6.45) is 1.74. The van der Waals surface area contributed by atoms with Crippen molar-refractivity contribution in [3.8, 4) is 16.9 Å². The third-order valence-electron chi connectivity index (χ3n) is 4.27. The van der Waals surface area contributed by atoms with Gasteiger partial charge in [-0.2, -0.15) is 0 Å². The molecular weight excluding hydrogens is 363 g/mol. The Hall–Kier alpha value is -3.74. The predicted molar refractivity (Wildman–Crippen MR) is 104 cm³/mol. The molecule has 6 nitrogen and oxygen atoms in total. The molecule has 0 fully saturated rings. The second kappa shape index (κ2) is 8.30. The molecule has 0 aliphatic heterocycles. The highest BCUT2D eigenvalue weighted by molar-refractivity contribution is 5.89. The number of non-ortho nitro benzene ring substituents is 1. The van der Waals surface area contributed by atoms with Gasteiger partial charge < -0.3 is 9.94 Å². The smallest absolute Gasteiger partial charge is 0.270 e. The lowest BCUT2D eigenvalue weighted by Crippen LogP contribution is -1.99. The molecule has 0 amide bonds. The molecule has 3 aromatic rings. The Labute approximate surface area is 160 Å². The van der Waals surface area contributed by atoms with Crippen LogP contribution in [0.1, 0.15) is 16.7 Å². The molecule has 0 heterocycles. The molecule has 0 saturated heterocycles. The summed E-state index contributed by atoms with van der Waals surface area (Å²) in [5.74, 6) is 0.116. The number of rotatable bonds is 6. The molecular formula is C21H17FN2O4. The molecule has 142 valence electrons. The van der Waals surface area contributed by atoms with Gasteiger partial charge in [-0.1, -0.05) is 29.4 Å². The van der Waals surface area contributed by atoms with Gasteiger partial charge in [0.15, 0.2) is 0 Å². The maximum absolute atomic E-state index is 13.2. The Morgan fingerprint density at radius 2 is 1.89 bits per heavy atom. The first-order valence-corrected chi connectivity index (χ1v) is 8.39. The maximum atomic E-state index is 13.2. The first-order valence-electron chi connectivity index (χ1n) is 8.39. The Bertz CT molecular complexity index is 1030. The van der Waals surface area contributed by atoms with Crippen molar-refractivity contribution in [2.45, 2.75) is 6.42 Å². The lowest BCUT2D eigenvalue weighted by Gasteiger charge is -2.14. The summed E-state index contributed by atoms with van der Waals surface area (Å²) in [6, 6.07) is 16.0. The quantitative estimate of drug-likeness (QED) is 0.288. The van der Waals surface area contributed by atoms with Crippen LogP contribution in [-0.4, -0.2) is 23.5 Å². The van der Waals surface area contributed by atoms with Gasteiger partial charge in [-0.3, -0.25) is 10.1 Å². The zero-order valence-corrected chi connectivity index (χ0v) is 15.0. The lowest BCUT2D eigenvalue weighted by atomic mass is 9.95. The van der Waals surface area contributed by atoms with E-state index in [0.717, 1.165) is 11.1 Å². The van der Waals surface area contributed by atoms with Gasteiger partial charge in [-0.15, -0.1) is 0 Å². The minimum absolute atomic E-state index is 0.0409. The molecule has 0 aromatic heterocycles. The Morgan fingerprint density at radius 3 is 2.54 bits per heavy atom. The van der Waals surface area contributed by atoms with E-state index in [4.69, 9.17) is 9.94 Å². The first-order chi connectivity index (χ1) is 13.5. The minimum atomic E-state index is -0.464. The van der Waals surface area contributed by atoms with E-state index < -0.39 is 4.92 Å². The van der Waals surface area contributed by atoms with Crippen LogP contribution in [0.2, 0.25) is 0 Å². The van der Waals surface area contributed by atoms with Gasteiger partial charge in [0.05, 0.1) is 18.2 Å². The highest BCUT2D eigenvalue weighted by Gasteiger charge is 2.15. The second-order valence-corrected chi connectivity index (χ2v) is 6.12. The molecule has 3 rings (SSSR count). The molecule has 1 N–H and O–H groups in total. The number of hydrogen-bond acceptors (Lipinski definition) is 5. The maximum Gasteiger partial charge on any atom is 0.270 e. The van der Waals surface area contributed by atoms with Gasteiger partial charge in [-0.25, -0.2) is 4.39 Å². The average Bonchev–Trinajstić information content (AvgIpc) is 2.70. The summed E-state index contributed by atoms with van der Waals surface area (Å²) in [4.78, 5) is 10.7. The molecule has 28 heavy (non-hydrogen) atoms. The SMILES string of the molecule is COc1c(/C=N/O)cc(Cc2ccc(F)cc2)cc1-c1cccc([N+](=O)[O-])c1. The Balaban J connectivity index is 2.14. The van der Waals surface area contributed by atoms with Crippen LogP contribution < -0.4 is 4.74 Å². The highest BCUT2D eigenvalue weighted by atomic mass is 19.1. The number of hydrogen-bond donors (Lipinski definition) is 1. The van der Waals surface area contributed by atoms with Crippen molar-refractivity contribution in [2.75, 3.05) is 7.11 Å². The molecule has 7 heteroatoms. The van der Waals surface area contributed by atoms with Crippen molar-refractivity contribution in [3.05, 3.63) is 93.3 Å². The summed E-state index contributed by atoms with van der Waals surface area (Å²) in [5.41, 5.74) is 3.44. The van der Waals surface area contributed by atoms with E-state index in [2.05, 4.69) is 5.16 Å². The van der Waals surface area contributed by atoms with E-state index in [1.165, 1.54) is 37.6 Å². The van der Waals surface area contributed by atoms with Crippen LogP contribution in [-0.2, 0) is 6.42 Å². The first kappa shape index (κ1) is 19.0. The van der Waals surface area contributed by atoms with Crippen LogP contribution in [0.25, 0.3) is 11.1 Å². The van der Waals surface area contributed by atoms with E-state index in [1.54, 1.807) is 30.3 Å². The summed E-state index contributed by atoms with van der Waals surface area (Å²) in [6.45, 7) is 0. The van der Waals surface area contributed by atoms with Crippen LogP contribution in [0.5, 0.6) is 5.75 Å². The second-order valence-electron chi connectivity index (χ2n) is 6.12. The monoisotopic (exact) mass is 380 g/mol. The van der Waals surface area contributed by atoms with E-state index >= 15 is 0 Å². The van der Waals surface area contributed by atoms with Gasteiger partial charge in [0.2, 0.25) is 0 Å². The molecule has 0 atom stereocenters. The summed E-state index contributed by atoms with van der Waals surface area (Å²) in [5, 5.41) is 23.2. The van der Waals surface area contributed by atoms with E-state index in [-0.39, 0.29) is 11.5 Å². The zero-order chi connectivity index (χ0) is 20.1. The van der Waals surface area contributed by atoms with Crippen molar-refractivity contribution < 1.29 is 19.3 Å². The van der Waals surface area contributed by atoms with Crippen molar-refractivity contribution >= 4 is 11.9 Å². The van der Waals surface area contributed by atoms with Crippen LogP contribution >= 0.6 is 0 Å². The fourth-order valence-corrected chi connectivity index (χ4v) is 3.04. The van der Waals surface area contributed by atoms with Gasteiger partial charge in [-0.05, 0) is 47.4 Å². The van der Waals surface area contributed by atoms with Crippen LogP contribution in [0.15, 0.2) is 65.8 Å². The predicted octanol–water partition coefficient (Wildman–Crippen LogP) is 4.81. The molecule has 0 radical (unpaired) electrons. The van der Waals surface area contributed by atoms with Crippen molar-refractivity contribution in [1.82, 2.24) is 0 Å². The fourth-order valence-electron chi connectivity index (χ4n) is 3.04. The molecule has 0 saturated carbocycles. The third kappa shape index (κ3) is 4.15. The molecule has 3 aromatic carbocycles. The summed E-state index contributed by atoms with van der Waals surface area (Å²) < 4.78 is 18.6. The van der Waals surface area contributed by atoms with Crippen LogP contribution in [0, 0.1) is 15.9 Å². The number of benzene rings is 3. The Morgan fingerprint density at radius 1 is 1.14 bits per heavy atom. The minimum Gasteiger partial charge on any atom is -0.495 e. The van der Waals surface area contributed by atoms with Gasteiger partial charge in [0.25, 0.3) is 5.69 Å². The number of nitro groups is 1. The number of nitro benzene ring substituents is 1. The summed E-state index contributed by atoms with van der Waals surface area (Å²) in [7, 11) is 1.48. The van der Waals surface area contributed by atoms with Crippen molar-refractivity contribution in [3.63, 3.8) is 0 Å². The zero-order valence-electron chi connectivity index (χ0n) is 15.0. The van der Waals surface area contributed by atoms with Gasteiger partial charge in [0.1, 0.15) is 11.6 Å². The topological polar surface area (TPSA) is 85.0 Å². The number of methoxy groups -OCH3 is 1. The van der Waals surface area contributed by atoms with E-state index in [1.807, 2.05) is 6.07 Å². The standard InChI is InChI=1S/C21H17FN2O4/c1-28-21-17(13-23-25)10-15(9-14-5-7-18(22)8-6-14)11-20(21)16-3-2-4-19(12-16)24(26)27/h2-8,10-13,25H,9H2,1H3/b23-13+. The van der Waals surface area contributed by atoms with E-state index in [0.29, 0.717) is 28.9 Å². The molecule has 0 aliphatic rings.